The van der Waals surface area contributed by atoms with Gasteiger partial charge in [0.15, 0.2) is 0 Å². The molecule has 5 rings (SSSR count). The molecule has 0 aliphatic carbocycles. The summed E-state index contributed by atoms with van der Waals surface area (Å²) in [6, 6.07) is 24.1. The molecule has 0 spiro atoms. The molecule has 1 amide bonds. The summed E-state index contributed by atoms with van der Waals surface area (Å²) >= 11 is 1.58. The Morgan fingerprint density at radius 1 is 0.909 bits per heavy atom. The lowest BCUT2D eigenvalue weighted by molar-refractivity contribution is 0.0954. The number of thiophene rings is 1. The van der Waals surface area contributed by atoms with Crippen molar-refractivity contribution in [3.05, 3.63) is 113 Å². The average molecular weight is 454 g/mol. The van der Waals surface area contributed by atoms with E-state index in [1.165, 1.54) is 0 Å². The summed E-state index contributed by atoms with van der Waals surface area (Å²) in [5, 5.41) is 14.2. The summed E-state index contributed by atoms with van der Waals surface area (Å²) < 4.78 is 3.68. The highest BCUT2D eigenvalue weighted by Gasteiger charge is 2.18. The summed E-state index contributed by atoms with van der Waals surface area (Å²) in [4.78, 5) is 14.0. The van der Waals surface area contributed by atoms with Crippen LogP contribution in [0.25, 0.3) is 16.3 Å². The Kier molecular flexibility index (Phi) is 6.12. The van der Waals surface area contributed by atoms with Crippen LogP contribution in [0.4, 0.5) is 0 Å². The first-order chi connectivity index (χ1) is 16.3. The van der Waals surface area contributed by atoms with Crippen molar-refractivity contribution in [1.82, 2.24) is 24.9 Å². The molecule has 7 heteroatoms. The number of benzene rings is 2. The van der Waals surface area contributed by atoms with E-state index in [4.69, 9.17) is 5.10 Å². The lowest BCUT2D eigenvalue weighted by atomic mass is 10.2. The van der Waals surface area contributed by atoms with Crippen LogP contribution in [-0.4, -0.2) is 32.0 Å². The lowest BCUT2D eigenvalue weighted by Crippen LogP contribution is -2.25. The Hall–Kier alpha value is -3.97. The van der Waals surface area contributed by atoms with Gasteiger partial charge in [0.05, 0.1) is 28.9 Å². The van der Waals surface area contributed by atoms with Gasteiger partial charge in [-0.1, -0.05) is 54.6 Å². The standard InChI is InChI=1S/C26H23N5OS/c32-26(27-14-13-21-16-28-31(18-21)22-10-5-2-6-11-22)23-19-30(17-20-8-3-1-4-9-20)29-25(23)24-12-7-15-33-24/h1-12,15-16,18-19H,13-14,17H2,(H,27,32). The first-order valence-corrected chi connectivity index (χ1v) is 11.7. The molecule has 0 radical (unpaired) electrons. The van der Waals surface area contributed by atoms with Gasteiger partial charge in [-0.05, 0) is 41.1 Å². The average Bonchev–Trinajstić information content (AvgIpc) is 3.61. The highest BCUT2D eigenvalue weighted by atomic mass is 32.1. The highest BCUT2D eigenvalue weighted by molar-refractivity contribution is 7.13. The maximum Gasteiger partial charge on any atom is 0.255 e. The number of para-hydroxylation sites is 1. The predicted octanol–water partition coefficient (Wildman–Crippen LogP) is 4.82. The van der Waals surface area contributed by atoms with Gasteiger partial charge in [0.1, 0.15) is 5.69 Å². The summed E-state index contributed by atoms with van der Waals surface area (Å²) in [5.74, 6) is -0.117. The second-order valence-electron chi connectivity index (χ2n) is 7.69. The van der Waals surface area contributed by atoms with Crippen molar-refractivity contribution in [3.8, 4) is 16.3 Å². The van der Waals surface area contributed by atoms with Crippen LogP contribution >= 0.6 is 11.3 Å². The van der Waals surface area contributed by atoms with Crippen molar-refractivity contribution < 1.29 is 4.79 Å². The molecule has 0 unspecified atom stereocenters. The Balaban J connectivity index is 1.27. The summed E-state index contributed by atoms with van der Waals surface area (Å²) in [6.45, 7) is 1.14. The fourth-order valence-corrected chi connectivity index (χ4v) is 4.38. The van der Waals surface area contributed by atoms with Gasteiger partial charge in [-0.3, -0.25) is 9.48 Å². The maximum absolute atomic E-state index is 13.1. The van der Waals surface area contributed by atoms with E-state index >= 15 is 0 Å². The minimum atomic E-state index is -0.117. The SMILES string of the molecule is O=C(NCCc1cnn(-c2ccccc2)c1)c1cn(Cc2ccccc2)nc1-c1cccs1. The van der Waals surface area contributed by atoms with Crippen LogP contribution in [-0.2, 0) is 13.0 Å². The Morgan fingerprint density at radius 3 is 2.45 bits per heavy atom. The minimum absolute atomic E-state index is 0.117. The van der Waals surface area contributed by atoms with E-state index in [9.17, 15) is 4.79 Å². The molecule has 0 bridgehead atoms. The molecule has 1 N–H and O–H groups in total. The number of amides is 1. The van der Waals surface area contributed by atoms with Crippen LogP contribution < -0.4 is 5.32 Å². The fraction of sp³-hybridized carbons (Fsp3) is 0.115. The maximum atomic E-state index is 13.1. The molecule has 2 aromatic carbocycles. The van der Waals surface area contributed by atoms with Crippen molar-refractivity contribution in [2.75, 3.05) is 6.54 Å². The zero-order valence-electron chi connectivity index (χ0n) is 18.0. The molecule has 3 heterocycles. The zero-order valence-corrected chi connectivity index (χ0v) is 18.8. The third-order valence-corrected chi connectivity index (χ3v) is 6.18. The largest absolute Gasteiger partial charge is 0.352 e. The number of carbonyl (C=O) groups excluding carboxylic acids is 1. The number of rotatable bonds is 8. The van der Waals surface area contributed by atoms with Gasteiger partial charge in [-0.25, -0.2) is 4.68 Å². The second-order valence-corrected chi connectivity index (χ2v) is 8.63. The number of hydrogen-bond donors (Lipinski definition) is 1. The number of nitrogens with zero attached hydrogens (tertiary/aromatic N) is 4. The van der Waals surface area contributed by atoms with Crippen LogP contribution in [0.3, 0.4) is 0 Å². The molecule has 0 saturated heterocycles. The summed E-state index contributed by atoms with van der Waals surface area (Å²) in [5.41, 5.74) is 4.53. The first-order valence-electron chi connectivity index (χ1n) is 10.8. The molecular formula is C26H23N5OS. The van der Waals surface area contributed by atoms with E-state index < -0.39 is 0 Å². The van der Waals surface area contributed by atoms with Gasteiger partial charge in [0, 0.05) is 18.9 Å². The number of nitrogens with one attached hydrogen (secondary N) is 1. The van der Waals surface area contributed by atoms with E-state index in [-0.39, 0.29) is 5.91 Å². The van der Waals surface area contributed by atoms with Crippen molar-refractivity contribution >= 4 is 17.2 Å². The highest BCUT2D eigenvalue weighted by Crippen LogP contribution is 2.27. The molecule has 0 aliphatic rings. The zero-order chi connectivity index (χ0) is 22.5. The quantitative estimate of drug-likeness (QED) is 0.366. The second kappa shape index (κ2) is 9.67. The Bertz CT molecular complexity index is 1320. The predicted molar refractivity (Wildman–Crippen MR) is 131 cm³/mol. The van der Waals surface area contributed by atoms with E-state index in [2.05, 4.69) is 22.5 Å². The van der Waals surface area contributed by atoms with Crippen LogP contribution in [0, 0.1) is 0 Å². The molecule has 6 nitrogen and oxygen atoms in total. The monoisotopic (exact) mass is 453 g/mol. The van der Waals surface area contributed by atoms with Gasteiger partial charge in [0.2, 0.25) is 0 Å². The first kappa shape index (κ1) is 20.9. The van der Waals surface area contributed by atoms with E-state index in [0.29, 0.717) is 25.1 Å². The molecule has 3 aromatic heterocycles. The van der Waals surface area contributed by atoms with Crippen LogP contribution in [0.15, 0.2) is 96.8 Å². The number of hydrogen-bond acceptors (Lipinski definition) is 4. The van der Waals surface area contributed by atoms with Crippen molar-refractivity contribution in [1.29, 1.82) is 0 Å². The summed E-state index contributed by atoms with van der Waals surface area (Å²) in [7, 11) is 0. The molecule has 5 aromatic rings. The van der Waals surface area contributed by atoms with Gasteiger partial charge < -0.3 is 5.32 Å². The third kappa shape index (κ3) is 4.94. The van der Waals surface area contributed by atoms with E-state index in [1.54, 1.807) is 11.3 Å². The smallest absolute Gasteiger partial charge is 0.255 e. The van der Waals surface area contributed by atoms with E-state index in [0.717, 1.165) is 27.4 Å². The molecule has 0 saturated carbocycles. The third-order valence-electron chi connectivity index (χ3n) is 5.30. The summed E-state index contributed by atoms with van der Waals surface area (Å²) in [6.07, 6.45) is 6.38. The number of carbonyl (C=O) groups is 1. The minimum Gasteiger partial charge on any atom is -0.352 e. The molecule has 0 fully saturated rings. The van der Waals surface area contributed by atoms with Gasteiger partial charge in [-0.15, -0.1) is 11.3 Å². The number of aromatic nitrogens is 4. The molecule has 0 aliphatic heterocycles. The van der Waals surface area contributed by atoms with Crippen LogP contribution in [0.1, 0.15) is 21.5 Å². The van der Waals surface area contributed by atoms with Crippen LogP contribution in [0.5, 0.6) is 0 Å². The van der Waals surface area contributed by atoms with Gasteiger partial charge in [-0.2, -0.15) is 10.2 Å². The van der Waals surface area contributed by atoms with Crippen LogP contribution in [0.2, 0.25) is 0 Å². The lowest BCUT2D eigenvalue weighted by Gasteiger charge is -2.04. The topological polar surface area (TPSA) is 64.7 Å². The normalized spacial score (nSPS) is 10.9. The molecule has 33 heavy (non-hydrogen) atoms. The van der Waals surface area contributed by atoms with E-state index in [1.807, 2.05) is 94.0 Å². The van der Waals surface area contributed by atoms with Gasteiger partial charge >= 0.3 is 0 Å². The van der Waals surface area contributed by atoms with Crippen molar-refractivity contribution in [2.45, 2.75) is 13.0 Å². The Morgan fingerprint density at radius 2 is 1.70 bits per heavy atom. The van der Waals surface area contributed by atoms with Crippen molar-refractivity contribution in [3.63, 3.8) is 0 Å². The molecule has 0 atom stereocenters. The van der Waals surface area contributed by atoms with Gasteiger partial charge in [0.25, 0.3) is 5.91 Å². The Labute approximate surface area is 196 Å². The molecular weight excluding hydrogens is 430 g/mol. The molecule has 164 valence electrons. The van der Waals surface area contributed by atoms with Crippen molar-refractivity contribution in [2.24, 2.45) is 0 Å². The fourth-order valence-electron chi connectivity index (χ4n) is 3.66.